The number of Topliss-reactive ketones (excluding diaryl/α,β-unsaturated/α-hetero) is 1. The van der Waals surface area contributed by atoms with Crippen LogP contribution in [-0.4, -0.2) is 41.4 Å². The van der Waals surface area contributed by atoms with Crippen LogP contribution in [0.5, 0.6) is 0 Å². The third-order valence-electron chi connectivity index (χ3n) is 3.48. The van der Waals surface area contributed by atoms with Crippen LogP contribution >= 0.6 is 23.4 Å². The number of ketones is 1. The molecule has 0 aliphatic carbocycles. The number of carbonyl (C=O) groups is 1. The molecule has 1 heterocycles. The Balaban J connectivity index is 2.10. The average Bonchev–Trinajstić information content (AvgIpc) is 2.61. The average molecular weight is 380 g/mol. The lowest BCUT2D eigenvalue weighted by atomic mass is 10.2. The number of hydrogen-bond donors (Lipinski definition) is 0. The van der Waals surface area contributed by atoms with Crippen molar-refractivity contribution in [3.63, 3.8) is 0 Å². The van der Waals surface area contributed by atoms with Gasteiger partial charge in [0, 0.05) is 18.5 Å². The molecule has 0 aliphatic heterocycles. The molecule has 0 unspecified atom stereocenters. The van der Waals surface area contributed by atoms with Crippen molar-refractivity contribution >= 4 is 41.2 Å². The summed E-state index contributed by atoms with van der Waals surface area (Å²) in [6, 6.07) is 7.65. The maximum atomic E-state index is 12.9. The van der Waals surface area contributed by atoms with Gasteiger partial charge in [0.2, 0.25) is 0 Å². The van der Waals surface area contributed by atoms with Crippen LogP contribution in [0.2, 0.25) is 5.02 Å². The molecule has 0 saturated carbocycles. The highest BCUT2D eigenvalue weighted by Crippen LogP contribution is 2.26. The summed E-state index contributed by atoms with van der Waals surface area (Å²) in [5.41, 5.74) is 1.50. The molecule has 0 amide bonds. The minimum atomic E-state index is -0.305. The van der Waals surface area contributed by atoms with E-state index < -0.39 is 0 Å². The summed E-state index contributed by atoms with van der Waals surface area (Å²) in [5, 5.41) is 0.279. The predicted molar refractivity (Wildman–Crippen MR) is 102 cm³/mol. The number of aryl methyl sites for hydroxylation is 1. The van der Waals surface area contributed by atoms with Crippen LogP contribution in [0.4, 0.5) is 10.1 Å². The molecule has 0 fully saturated rings. The third-order valence-corrected chi connectivity index (χ3v) is 4.78. The standard InChI is InChI=1S/C18H19ClFN3OS/c1-4-23(3)11-21-16-9-15(19)18(22-12(16)2)17(24)10-25-14-7-5-13(20)6-8-14/h5-9,11H,4,10H2,1-3H3. The number of thioether (sulfide) groups is 1. The second-order valence-corrected chi connectivity index (χ2v) is 6.86. The zero-order chi connectivity index (χ0) is 18.4. The monoisotopic (exact) mass is 379 g/mol. The number of carbonyl (C=O) groups excluding carboxylic acids is 1. The van der Waals surface area contributed by atoms with Crippen molar-refractivity contribution in [3.8, 4) is 0 Å². The van der Waals surface area contributed by atoms with Gasteiger partial charge in [-0.3, -0.25) is 4.79 Å². The first-order chi connectivity index (χ1) is 11.9. The Labute approximate surface area is 156 Å². The number of aliphatic imine (C=N–C) groups is 1. The molecule has 2 rings (SSSR count). The molecule has 0 bridgehead atoms. The highest BCUT2D eigenvalue weighted by molar-refractivity contribution is 8.00. The van der Waals surface area contributed by atoms with Gasteiger partial charge in [-0.25, -0.2) is 14.4 Å². The summed E-state index contributed by atoms with van der Waals surface area (Å²) in [6.45, 7) is 4.64. The topological polar surface area (TPSA) is 45.6 Å². The first-order valence-electron chi connectivity index (χ1n) is 7.73. The Morgan fingerprint density at radius 2 is 2.08 bits per heavy atom. The van der Waals surface area contributed by atoms with Crippen molar-refractivity contribution in [1.29, 1.82) is 0 Å². The fraction of sp³-hybridized carbons (Fsp3) is 0.278. The van der Waals surface area contributed by atoms with Crippen molar-refractivity contribution in [1.82, 2.24) is 9.88 Å². The van der Waals surface area contributed by atoms with Gasteiger partial charge in [0.25, 0.3) is 0 Å². The lowest BCUT2D eigenvalue weighted by Crippen LogP contribution is -2.14. The highest BCUT2D eigenvalue weighted by Gasteiger charge is 2.15. The van der Waals surface area contributed by atoms with Crippen molar-refractivity contribution in [2.75, 3.05) is 19.3 Å². The Bertz CT molecular complexity index is 781. The molecule has 4 nitrogen and oxygen atoms in total. The zero-order valence-electron chi connectivity index (χ0n) is 14.3. The van der Waals surface area contributed by atoms with E-state index in [4.69, 9.17) is 11.6 Å². The van der Waals surface area contributed by atoms with Gasteiger partial charge in [0.15, 0.2) is 5.78 Å². The summed E-state index contributed by atoms with van der Waals surface area (Å²) in [5.74, 6) is -0.302. The molecule has 2 aromatic rings. The fourth-order valence-electron chi connectivity index (χ4n) is 1.89. The summed E-state index contributed by atoms with van der Waals surface area (Å²) in [6.07, 6.45) is 1.70. The van der Waals surface area contributed by atoms with Crippen LogP contribution in [-0.2, 0) is 0 Å². The number of hydrogen-bond acceptors (Lipinski definition) is 4. The van der Waals surface area contributed by atoms with Gasteiger partial charge < -0.3 is 4.90 Å². The summed E-state index contributed by atoms with van der Waals surface area (Å²) >= 11 is 7.54. The number of rotatable bonds is 7. The molecule has 0 aliphatic rings. The number of benzene rings is 1. The van der Waals surface area contributed by atoms with Crippen molar-refractivity contribution in [2.45, 2.75) is 18.7 Å². The minimum Gasteiger partial charge on any atom is -0.366 e. The minimum absolute atomic E-state index is 0.177. The number of pyridine rings is 1. The van der Waals surface area contributed by atoms with Crippen LogP contribution in [0, 0.1) is 12.7 Å². The Hall–Kier alpha value is -1.92. The number of nitrogens with zero attached hydrogens (tertiary/aromatic N) is 3. The van der Waals surface area contributed by atoms with Gasteiger partial charge in [-0.05, 0) is 44.2 Å². The SMILES string of the molecule is CCN(C)C=Nc1cc(Cl)c(C(=O)CSc2ccc(F)cc2)nc1C. The Morgan fingerprint density at radius 3 is 2.72 bits per heavy atom. The maximum Gasteiger partial charge on any atom is 0.192 e. The molecular weight excluding hydrogens is 361 g/mol. The lowest BCUT2D eigenvalue weighted by Gasteiger charge is -2.10. The molecule has 25 heavy (non-hydrogen) atoms. The van der Waals surface area contributed by atoms with E-state index in [1.54, 1.807) is 31.5 Å². The van der Waals surface area contributed by atoms with Gasteiger partial charge in [-0.15, -0.1) is 11.8 Å². The van der Waals surface area contributed by atoms with Gasteiger partial charge in [-0.2, -0.15) is 0 Å². The Kier molecular flexibility index (Phi) is 6.96. The fourth-order valence-corrected chi connectivity index (χ4v) is 2.90. The van der Waals surface area contributed by atoms with Crippen LogP contribution in [0.3, 0.4) is 0 Å². The van der Waals surface area contributed by atoms with Gasteiger partial charge in [0.1, 0.15) is 11.5 Å². The van der Waals surface area contributed by atoms with E-state index in [-0.39, 0.29) is 28.1 Å². The number of aromatic nitrogens is 1. The second kappa shape index (κ2) is 8.97. The van der Waals surface area contributed by atoms with E-state index in [1.165, 1.54) is 23.9 Å². The first kappa shape index (κ1) is 19.4. The third kappa shape index (κ3) is 5.54. The molecule has 0 spiro atoms. The molecule has 0 saturated heterocycles. The van der Waals surface area contributed by atoms with Crippen LogP contribution in [0.1, 0.15) is 23.1 Å². The molecule has 132 valence electrons. The quantitative estimate of drug-likeness (QED) is 0.301. The second-order valence-electron chi connectivity index (χ2n) is 5.41. The van der Waals surface area contributed by atoms with Crippen molar-refractivity contribution in [3.05, 3.63) is 52.6 Å². The zero-order valence-corrected chi connectivity index (χ0v) is 15.9. The van der Waals surface area contributed by atoms with Crippen molar-refractivity contribution < 1.29 is 9.18 Å². The van der Waals surface area contributed by atoms with Gasteiger partial charge in [0.05, 0.1) is 28.5 Å². The highest BCUT2D eigenvalue weighted by atomic mass is 35.5. The molecule has 0 N–H and O–H groups in total. The van der Waals surface area contributed by atoms with E-state index in [9.17, 15) is 9.18 Å². The molecule has 1 aromatic heterocycles. The van der Waals surface area contributed by atoms with E-state index in [1.807, 2.05) is 18.9 Å². The van der Waals surface area contributed by atoms with Crippen LogP contribution in [0.15, 0.2) is 40.2 Å². The molecule has 0 atom stereocenters. The van der Waals surface area contributed by atoms with E-state index in [0.717, 1.165) is 11.4 Å². The lowest BCUT2D eigenvalue weighted by molar-refractivity contribution is 0.101. The van der Waals surface area contributed by atoms with Crippen molar-refractivity contribution in [2.24, 2.45) is 4.99 Å². The molecular formula is C18H19ClFN3OS. The molecule has 0 radical (unpaired) electrons. The van der Waals surface area contributed by atoms with E-state index in [0.29, 0.717) is 11.4 Å². The summed E-state index contributed by atoms with van der Waals surface area (Å²) in [4.78, 5) is 23.8. The smallest absolute Gasteiger partial charge is 0.192 e. The van der Waals surface area contributed by atoms with Gasteiger partial charge >= 0.3 is 0 Å². The summed E-state index contributed by atoms with van der Waals surface area (Å²) < 4.78 is 12.9. The van der Waals surface area contributed by atoms with E-state index >= 15 is 0 Å². The van der Waals surface area contributed by atoms with Crippen LogP contribution < -0.4 is 0 Å². The number of halogens is 2. The Morgan fingerprint density at radius 1 is 1.40 bits per heavy atom. The first-order valence-corrected chi connectivity index (χ1v) is 9.10. The largest absolute Gasteiger partial charge is 0.366 e. The summed E-state index contributed by atoms with van der Waals surface area (Å²) in [7, 11) is 1.92. The van der Waals surface area contributed by atoms with Gasteiger partial charge in [-0.1, -0.05) is 11.6 Å². The van der Waals surface area contributed by atoms with Crippen LogP contribution in [0.25, 0.3) is 0 Å². The maximum absolute atomic E-state index is 12.9. The normalized spacial score (nSPS) is 11.1. The molecule has 7 heteroatoms. The predicted octanol–water partition coefficient (Wildman–Crippen LogP) is 4.77. The molecule has 1 aromatic carbocycles. The van der Waals surface area contributed by atoms with E-state index in [2.05, 4.69) is 9.98 Å².